The monoisotopic (exact) mass is 458 g/mol. The minimum atomic E-state index is -5.08. The number of pyridine rings is 1. The van der Waals surface area contributed by atoms with E-state index < -0.39 is 12.1 Å². The van der Waals surface area contributed by atoms with Crippen molar-refractivity contribution < 1.29 is 23.1 Å². The van der Waals surface area contributed by atoms with Crippen molar-refractivity contribution in [1.29, 1.82) is 0 Å². The Morgan fingerprint density at radius 3 is 2.36 bits per heavy atom. The van der Waals surface area contributed by atoms with Gasteiger partial charge in [0.15, 0.2) is 0 Å². The van der Waals surface area contributed by atoms with Gasteiger partial charge in [-0.3, -0.25) is 4.98 Å². The molecule has 0 aliphatic rings. The molecule has 1 atom stereocenters. The Morgan fingerprint density at radius 1 is 1.03 bits per heavy atom. The van der Waals surface area contributed by atoms with Crippen LogP contribution in [0.2, 0.25) is 0 Å². The lowest BCUT2D eigenvalue weighted by molar-refractivity contribution is -0.192. The van der Waals surface area contributed by atoms with E-state index in [1.165, 1.54) is 11.1 Å². The number of carboxylic acids is 1. The zero-order valence-corrected chi connectivity index (χ0v) is 17.5. The van der Waals surface area contributed by atoms with Crippen molar-refractivity contribution in [1.82, 2.24) is 20.3 Å². The van der Waals surface area contributed by atoms with Gasteiger partial charge < -0.3 is 20.4 Å². The summed E-state index contributed by atoms with van der Waals surface area (Å²) in [6.45, 7) is 2.89. The highest BCUT2D eigenvalue weighted by atomic mass is 19.4. The highest BCUT2D eigenvalue weighted by Gasteiger charge is 2.38. The molecule has 0 radical (unpaired) electrons. The molecule has 0 aliphatic carbocycles. The Morgan fingerprint density at radius 2 is 1.70 bits per heavy atom. The molecule has 4 N–H and O–H groups in total. The molecule has 7 nitrogen and oxygen atoms in total. The first-order valence-corrected chi connectivity index (χ1v) is 9.88. The third-order valence-electron chi connectivity index (χ3n) is 4.84. The Balaban J connectivity index is 0.000000383. The number of carboxylic acid groups (broad SMARTS) is 1. The summed E-state index contributed by atoms with van der Waals surface area (Å²) in [5, 5.41) is 10.7. The van der Waals surface area contributed by atoms with Crippen LogP contribution in [-0.2, 0) is 11.3 Å². The number of nitrogens with zero attached hydrogens (tertiary/aromatic N) is 1. The Kier molecular flexibility index (Phi) is 7.29. The number of hydrogen-bond acceptors (Lipinski definition) is 4. The van der Waals surface area contributed by atoms with Crippen LogP contribution >= 0.6 is 0 Å². The predicted octanol–water partition coefficient (Wildman–Crippen LogP) is 4.40. The van der Waals surface area contributed by atoms with Crippen molar-refractivity contribution in [3.8, 4) is 11.1 Å². The maximum absolute atomic E-state index is 11.4. The fraction of sp³-hybridized carbons (Fsp3) is 0.174. The van der Waals surface area contributed by atoms with Gasteiger partial charge in [-0.1, -0.05) is 24.3 Å². The maximum Gasteiger partial charge on any atom is 0.490 e. The lowest BCUT2D eigenvalue weighted by Gasteiger charge is -2.15. The van der Waals surface area contributed by atoms with E-state index in [0.717, 1.165) is 28.7 Å². The Hall–Kier alpha value is -3.92. The largest absolute Gasteiger partial charge is 0.490 e. The second-order valence-corrected chi connectivity index (χ2v) is 7.23. The van der Waals surface area contributed by atoms with Gasteiger partial charge >= 0.3 is 17.8 Å². The highest BCUT2D eigenvalue weighted by Crippen LogP contribution is 2.21. The summed E-state index contributed by atoms with van der Waals surface area (Å²) in [6, 6.07) is 18.7. The smallest absolute Gasteiger partial charge is 0.475 e. The fourth-order valence-electron chi connectivity index (χ4n) is 3.11. The van der Waals surface area contributed by atoms with E-state index in [4.69, 9.17) is 9.90 Å². The molecular formula is C23H21F3N4O3. The molecule has 2 heterocycles. The van der Waals surface area contributed by atoms with Crippen molar-refractivity contribution in [2.45, 2.75) is 25.7 Å². The molecule has 0 saturated carbocycles. The topological polar surface area (TPSA) is 111 Å². The van der Waals surface area contributed by atoms with Gasteiger partial charge in [-0.05, 0) is 59.5 Å². The average molecular weight is 458 g/mol. The third-order valence-corrected chi connectivity index (χ3v) is 4.84. The fourth-order valence-corrected chi connectivity index (χ4v) is 3.11. The molecule has 0 aliphatic heterocycles. The van der Waals surface area contributed by atoms with Crippen LogP contribution in [0.25, 0.3) is 22.2 Å². The number of benzene rings is 2. The molecule has 0 saturated heterocycles. The standard InChI is InChI=1S/C21H20N4O.C2HF3O2/c1-14(17-5-6-19-20(12-17)25-21(26)24-19)23-13-15-3-2-4-18(11-15)16-7-9-22-10-8-16;3-2(4,5)1(6)7/h2-12,14,23H,13H2,1H3,(H2,24,25,26);(H,6,7). The normalized spacial score (nSPS) is 12.1. The van der Waals surface area contributed by atoms with Crippen LogP contribution in [0, 0.1) is 0 Å². The summed E-state index contributed by atoms with van der Waals surface area (Å²) in [5.74, 6) is -2.76. The molecular weight excluding hydrogens is 437 g/mol. The van der Waals surface area contributed by atoms with E-state index in [1.807, 2.05) is 42.7 Å². The van der Waals surface area contributed by atoms with E-state index in [1.54, 1.807) is 0 Å². The summed E-state index contributed by atoms with van der Waals surface area (Å²) in [5.41, 5.74) is 6.20. The number of H-pyrrole nitrogens is 2. The van der Waals surface area contributed by atoms with E-state index in [9.17, 15) is 18.0 Å². The number of rotatable bonds is 5. The van der Waals surface area contributed by atoms with Crippen LogP contribution in [0.15, 0.2) is 71.8 Å². The van der Waals surface area contributed by atoms with E-state index in [2.05, 4.69) is 51.5 Å². The van der Waals surface area contributed by atoms with Crippen molar-refractivity contribution in [3.05, 3.63) is 88.6 Å². The van der Waals surface area contributed by atoms with Gasteiger partial charge in [0, 0.05) is 25.0 Å². The van der Waals surface area contributed by atoms with Gasteiger partial charge in [0.1, 0.15) is 0 Å². The molecule has 0 fully saturated rings. The van der Waals surface area contributed by atoms with Gasteiger partial charge in [0.2, 0.25) is 0 Å². The van der Waals surface area contributed by atoms with Crippen LogP contribution in [0.3, 0.4) is 0 Å². The van der Waals surface area contributed by atoms with E-state index in [-0.39, 0.29) is 11.7 Å². The first-order chi connectivity index (χ1) is 15.6. The molecule has 4 aromatic rings. The maximum atomic E-state index is 11.4. The zero-order valence-electron chi connectivity index (χ0n) is 17.5. The van der Waals surface area contributed by atoms with Crippen molar-refractivity contribution in [2.75, 3.05) is 0 Å². The summed E-state index contributed by atoms with van der Waals surface area (Å²) in [7, 11) is 0. The second kappa shape index (κ2) is 10.1. The number of aromatic nitrogens is 3. The highest BCUT2D eigenvalue weighted by molar-refractivity contribution is 5.75. The number of alkyl halides is 3. The van der Waals surface area contributed by atoms with Crippen molar-refractivity contribution >= 4 is 17.0 Å². The number of carbonyl (C=O) groups is 1. The minimum absolute atomic E-state index is 0.169. The number of aromatic amines is 2. The molecule has 2 aromatic carbocycles. The average Bonchev–Trinajstić information content (AvgIpc) is 3.17. The van der Waals surface area contributed by atoms with Crippen LogP contribution in [0.5, 0.6) is 0 Å². The molecule has 10 heteroatoms. The third kappa shape index (κ3) is 6.53. The molecule has 0 bridgehead atoms. The van der Waals surface area contributed by atoms with Crippen molar-refractivity contribution in [2.24, 2.45) is 0 Å². The number of aliphatic carboxylic acids is 1. The molecule has 1 unspecified atom stereocenters. The lowest BCUT2D eigenvalue weighted by Crippen LogP contribution is -2.21. The second-order valence-electron chi connectivity index (χ2n) is 7.23. The SMILES string of the molecule is CC(NCc1cccc(-c2ccncc2)c1)c1ccc2[nH]c(=O)[nH]c2c1.O=C(O)C(F)(F)F. The zero-order chi connectivity index (χ0) is 24.0. The molecule has 0 amide bonds. The lowest BCUT2D eigenvalue weighted by atomic mass is 10.0. The summed E-state index contributed by atoms with van der Waals surface area (Å²) < 4.78 is 31.7. The van der Waals surface area contributed by atoms with Crippen LogP contribution in [0.1, 0.15) is 24.1 Å². The van der Waals surface area contributed by atoms with E-state index in [0.29, 0.717) is 0 Å². The van der Waals surface area contributed by atoms with Gasteiger partial charge in [-0.25, -0.2) is 9.59 Å². The molecule has 33 heavy (non-hydrogen) atoms. The number of fused-ring (bicyclic) bond motifs is 1. The number of imidazole rings is 1. The minimum Gasteiger partial charge on any atom is -0.475 e. The van der Waals surface area contributed by atoms with Gasteiger partial charge in [0.05, 0.1) is 11.0 Å². The van der Waals surface area contributed by atoms with E-state index >= 15 is 0 Å². The van der Waals surface area contributed by atoms with Crippen LogP contribution in [-0.4, -0.2) is 32.2 Å². The molecule has 172 valence electrons. The summed E-state index contributed by atoms with van der Waals surface area (Å²) in [6.07, 6.45) is -1.46. The van der Waals surface area contributed by atoms with Gasteiger partial charge in [0.25, 0.3) is 0 Å². The predicted molar refractivity (Wildman–Crippen MR) is 118 cm³/mol. The molecule has 0 spiro atoms. The first-order valence-electron chi connectivity index (χ1n) is 9.88. The number of halogens is 3. The van der Waals surface area contributed by atoms with Crippen molar-refractivity contribution in [3.63, 3.8) is 0 Å². The van der Waals surface area contributed by atoms with Crippen LogP contribution < -0.4 is 11.0 Å². The number of nitrogens with one attached hydrogen (secondary N) is 3. The molecule has 4 rings (SSSR count). The summed E-state index contributed by atoms with van der Waals surface area (Å²) in [4.78, 5) is 29.9. The summed E-state index contributed by atoms with van der Waals surface area (Å²) >= 11 is 0. The Labute approximate surface area is 186 Å². The van der Waals surface area contributed by atoms with Gasteiger partial charge in [-0.2, -0.15) is 13.2 Å². The van der Waals surface area contributed by atoms with Gasteiger partial charge in [-0.15, -0.1) is 0 Å². The number of hydrogen-bond donors (Lipinski definition) is 4. The Bertz CT molecular complexity index is 1280. The molecule has 2 aromatic heterocycles. The quantitative estimate of drug-likeness (QED) is 0.354. The van der Waals surface area contributed by atoms with Crippen LogP contribution in [0.4, 0.5) is 13.2 Å². The first kappa shape index (κ1) is 23.7.